The number of rotatable bonds is 5. The molecule has 4 aliphatic rings. The van der Waals surface area contributed by atoms with Crippen molar-refractivity contribution in [2.45, 2.75) is 101 Å². The van der Waals surface area contributed by atoms with Crippen molar-refractivity contribution in [2.75, 3.05) is 0 Å². The van der Waals surface area contributed by atoms with E-state index in [1.165, 1.54) is 32.1 Å². The largest absolute Gasteiger partial charge is 0.322 e. The van der Waals surface area contributed by atoms with Gasteiger partial charge in [0.25, 0.3) is 5.91 Å². The molecule has 6 nitrogen and oxygen atoms in total. The van der Waals surface area contributed by atoms with E-state index in [9.17, 15) is 18.8 Å². The van der Waals surface area contributed by atoms with E-state index in [1.54, 1.807) is 4.90 Å². The van der Waals surface area contributed by atoms with Crippen LogP contribution in [-0.4, -0.2) is 46.9 Å². The Morgan fingerprint density at radius 2 is 1.85 bits per heavy atom. The molecule has 2 N–H and O–H groups in total. The van der Waals surface area contributed by atoms with Crippen molar-refractivity contribution >= 4 is 17.7 Å². The van der Waals surface area contributed by atoms with Crippen molar-refractivity contribution in [1.82, 2.24) is 15.5 Å². The maximum atomic E-state index is 14.3. The summed E-state index contributed by atoms with van der Waals surface area (Å²) in [6, 6.07) is 6.22. The van der Waals surface area contributed by atoms with E-state index >= 15 is 0 Å². The molecule has 5 rings (SSSR count). The summed E-state index contributed by atoms with van der Waals surface area (Å²) in [5.41, 5.74) is 2.68. The number of carbonyl (C=O) groups is 3. The number of hydrogen-bond donors (Lipinski definition) is 2. The van der Waals surface area contributed by atoms with E-state index < -0.39 is 12.2 Å². The second kappa shape index (κ2) is 9.53. The number of halogens is 1. The molecule has 178 valence electrons. The van der Waals surface area contributed by atoms with Gasteiger partial charge < -0.3 is 10.2 Å². The Morgan fingerprint density at radius 1 is 1.03 bits per heavy atom. The van der Waals surface area contributed by atoms with Gasteiger partial charge in [-0.3, -0.25) is 19.7 Å². The third-order valence-electron chi connectivity index (χ3n) is 8.06. The highest BCUT2D eigenvalue weighted by molar-refractivity contribution is 6.05. The smallest absolute Gasteiger partial charge is 0.255 e. The van der Waals surface area contributed by atoms with E-state index in [-0.39, 0.29) is 30.1 Å². The van der Waals surface area contributed by atoms with Gasteiger partial charge in [0.15, 0.2) is 0 Å². The van der Waals surface area contributed by atoms with Crippen LogP contribution >= 0.6 is 0 Å². The predicted octanol–water partition coefficient (Wildman–Crippen LogP) is 3.42. The molecule has 1 aromatic carbocycles. The molecular weight excluding hydrogens is 421 g/mol. The predicted molar refractivity (Wildman–Crippen MR) is 122 cm³/mol. The molecule has 1 aromatic rings. The Balaban J connectivity index is 1.27. The number of imide groups is 1. The van der Waals surface area contributed by atoms with Crippen LogP contribution in [0.4, 0.5) is 4.39 Å². The number of amides is 3. The van der Waals surface area contributed by atoms with Crippen LogP contribution in [0.1, 0.15) is 85.7 Å². The molecule has 1 unspecified atom stereocenters. The molecule has 0 bridgehead atoms. The van der Waals surface area contributed by atoms with Gasteiger partial charge in [-0.15, -0.1) is 0 Å². The maximum Gasteiger partial charge on any atom is 0.255 e. The Labute approximate surface area is 194 Å². The Kier molecular flexibility index (Phi) is 6.50. The molecule has 7 heteroatoms. The Bertz CT molecular complexity index is 929. The molecule has 2 aliphatic heterocycles. The average Bonchev–Trinajstić information content (AvgIpc) is 3.12. The van der Waals surface area contributed by atoms with Crippen LogP contribution in [0.2, 0.25) is 0 Å². The number of hydrogen-bond acceptors (Lipinski definition) is 4. The van der Waals surface area contributed by atoms with Crippen LogP contribution < -0.4 is 10.6 Å². The summed E-state index contributed by atoms with van der Waals surface area (Å²) in [6.45, 7) is 0.383. The van der Waals surface area contributed by atoms with Crippen molar-refractivity contribution in [3.05, 3.63) is 34.9 Å². The summed E-state index contributed by atoms with van der Waals surface area (Å²) in [5, 5.41) is 6.21. The van der Waals surface area contributed by atoms with Gasteiger partial charge in [0.1, 0.15) is 12.2 Å². The highest BCUT2D eigenvalue weighted by Gasteiger charge is 2.39. The van der Waals surface area contributed by atoms with Crippen LogP contribution in [0.3, 0.4) is 0 Å². The number of nitrogens with zero attached hydrogens (tertiary/aromatic N) is 1. The maximum absolute atomic E-state index is 14.3. The molecule has 2 heterocycles. The van der Waals surface area contributed by atoms with E-state index in [1.807, 2.05) is 12.1 Å². The van der Waals surface area contributed by atoms with E-state index in [4.69, 9.17) is 0 Å². The molecule has 4 atom stereocenters. The first-order valence-electron chi connectivity index (χ1n) is 12.6. The lowest BCUT2D eigenvalue weighted by atomic mass is 9.78. The molecular formula is C26H34FN3O3. The first-order valence-corrected chi connectivity index (χ1v) is 12.6. The topological polar surface area (TPSA) is 78.5 Å². The van der Waals surface area contributed by atoms with Crippen molar-refractivity contribution in [3.8, 4) is 0 Å². The van der Waals surface area contributed by atoms with Gasteiger partial charge in [-0.05, 0) is 68.1 Å². The van der Waals surface area contributed by atoms with Gasteiger partial charge in [0.05, 0.1) is 0 Å². The molecule has 3 amide bonds. The zero-order chi connectivity index (χ0) is 22.9. The fourth-order valence-corrected chi connectivity index (χ4v) is 6.28. The number of piperidine rings is 1. The van der Waals surface area contributed by atoms with E-state index in [2.05, 4.69) is 16.7 Å². The SMILES string of the molecule is O=C1CCC(N2Cc3cc(C[C@H]4C[C@@H](F)CC[C@@H]4NC4CCCCC4)ccc3C2=O)C(=O)N1. The molecule has 0 aromatic heterocycles. The second-order valence-electron chi connectivity index (χ2n) is 10.4. The second-order valence-corrected chi connectivity index (χ2v) is 10.4. The highest BCUT2D eigenvalue weighted by atomic mass is 19.1. The molecule has 1 saturated heterocycles. The van der Waals surface area contributed by atoms with Gasteiger partial charge in [-0.25, -0.2) is 4.39 Å². The normalized spacial score (nSPS) is 30.9. The summed E-state index contributed by atoms with van der Waals surface area (Å²) < 4.78 is 14.3. The molecule has 3 fully saturated rings. The molecule has 2 saturated carbocycles. The number of fused-ring (bicyclic) bond motifs is 1. The van der Waals surface area contributed by atoms with Gasteiger partial charge >= 0.3 is 0 Å². The van der Waals surface area contributed by atoms with Gasteiger partial charge in [-0.2, -0.15) is 0 Å². The number of benzene rings is 1. The van der Waals surface area contributed by atoms with Crippen molar-refractivity contribution < 1.29 is 18.8 Å². The fourth-order valence-electron chi connectivity index (χ4n) is 6.28. The fraction of sp³-hybridized carbons (Fsp3) is 0.654. The molecule has 0 spiro atoms. The van der Waals surface area contributed by atoms with Crippen molar-refractivity contribution in [2.24, 2.45) is 5.92 Å². The minimum atomic E-state index is -0.738. The van der Waals surface area contributed by atoms with Crippen LogP contribution in [-0.2, 0) is 22.6 Å². The molecule has 0 radical (unpaired) electrons. The summed E-state index contributed by atoms with van der Waals surface area (Å²) in [6.07, 6.45) is 9.12. The van der Waals surface area contributed by atoms with E-state index in [0.29, 0.717) is 43.5 Å². The lowest BCUT2D eigenvalue weighted by Gasteiger charge is -2.38. The Morgan fingerprint density at radius 3 is 2.64 bits per heavy atom. The monoisotopic (exact) mass is 455 g/mol. The van der Waals surface area contributed by atoms with Gasteiger partial charge in [0.2, 0.25) is 11.8 Å². The van der Waals surface area contributed by atoms with Crippen molar-refractivity contribution in [1.29, 1.82) is 0 Å². The summed E-state index contributed by atoms with van der Waals surface area (Å²) in [4.78, 5) is 38.3. The summed E-state index contributed by atoms with van der Waals surface area (Å²) >= 11 is 0. The first-order chi connectivity index (χ1) is 16.0. The quantitative estimate of drug-likeness (QED) is 0.667. The van der Waals surface area contributed by atoms with Crippen molar-refractivity contribution in [3.63, 3.8) is 0 Å². The standard InChI is InChI=1S/C26H34FN3O3/c27-19-7-9-22(28-20-4-2-1-3-5-20)17(14-19)12-16-6-8-21-18(13-16)15-30(26(21)33)23-10-11-24(31)29-25(23)32/h6,8,13,17,19-20,22-23,28H,1-5,7,9-12,14-15H2,(H,29,31,32)/t17-,19-,22-,23?/m0/s1. The number of nitrogens with one attached hydrogen (secondary N) is 2. The average molecular weight is 456 g/mol. The lowest BCUT2D eigenvalue weighted by molar-refractivity contribution is -0.136. The lowest BCUT2D eigenvalue weighted by Crippen LogP contribution is -2.52. The van der Waals surface area contributed by atoms with Crippen LogP contribution in [0, 0.1) is 5.92 Å². The zero-order valence-electron chi connectivity index (χ0n) is 19.2. The van der Waals surface area contributed by atoms with Gasteiger partial charge in [-0.1, -0.05) is 31.4 Å². The number of carbonyl (C=O) groups excluding carboxylic acids is 3. The van der Waals surface area contributed by atoms with Gasteiger partial charge in [0, 0.05) is 30.6 Å². The minimum absolute atomic E-state index is 0.149. The number of alkyl halides is 1. The van der Waals surface area contributed by atoms with Crippen LogP contribution in [0.25, 0.3) is 0 Å². The first kappa shape index (κ1) is 22.5. The zero-order valence-corrected chi connectivity index (χ0v) is 19.2. The third kappa shape index (κ3) is 4.84. The molecule has 2 aliphatic carbocycles. The Hall–Kier alpha value is -2.28. The van der Waals surface area contributed by atoms with Crippen LogP contribution in [0.15, 0.2) is 18.2 Å². The minimum Gasteiger partial charge on any atom is -0.322 e. The summed E-state index contributed by atoms with van der Waals surface area (Å²) in [5.74, 6) is -0.570. The van der Waals surface area contributed by atoms with Crippen LogP contribution in [0.5, 0.6) is 0 Å². The highest BCUT2D eigenvalue weighted by Crippen LogP contribution is 2.33. The summed E-state index contributed by atoms with van der Waals surface area (Å²) in [7, 11) is 0. The third-order valence-corrected chi connectivity index (χ3v) is 8.06. The van der Waals surface area contributed by atoms with E-state index in [0.717, 1.165) is 24.0 Å². The molecule has 33 heavy (non-hydrogen) atoms.